The van der Waals surface area contributed by atoms with Crippen molar-refractivity contribution in [2.75, 3.05) is 37.2 Å². The summed E-state index contributed by atoms with van der Waals surface area (Å²) in [4.78, 5) is 10.5. The van der Waals surface area contributed by atoms with Crippen LogP contribution >= 0.6 is 0 Å². The highest BCUT2D eigenvalue weighted by Gasteiger charge is 2.30. The lowest BCUT2D eigenvalue weighted by Crippen LogP contribution is -2.45. The molecule has 19 heavy (non-hydrogen) atoms. The van der Waals surface area contributed by atoms with E-state index >= 15 is 0 Å². The number of methoxy groups -OCH3 is 2. The molecule has 0 saturated heterocycles. The summed E-state index contributed by atoms with van der Waals surface area (Å²) in [7, 11) is 4.79. The molecule has 1 heterocycles. The van der Waals surface area contributed by atoms with Crippen molar-refractivity contribution >= 4 is 22.7 Å². The second-order valence-corrected chi connectivity index (χ2v) is 4.02. The van der Waals surface area contributed by atoms with Gasteiger partial charge in [-0.15, -0.1) is 0 Å². The van der Waals surface area contributed by atoms with Gasteiger partial charge in [0.2, 0.25) is 0 Å². The van der Waals surface area contributed by atoms with Gasteiger partial charge in [0, 0.05) is 33.4 Å². The van der Waals surface area contributed by atoms with Gasteiger partial charge in [-0.05, 0) is 0 Å². The van der Waals surface area contributed by atoms with Gasteiger partial charge < -0.3 is 25.4 Å². The van der Waals surface area contributed by atoms with Crippen molar-refractivity contribution in [3.8, 4) is 0 Å². The fraction of sp³-hybridized carbons (Fsp3) is 0.455. The molecule has 0 aromatic heterocycles. The van der Waals surface area contributed by atoms with Gasteiger partial charge in [-0.2, -0.15) is 0 Å². The minimum absolute atomic E-state index is 0.00289. The maximum atomic E-state index is 10.9. The molecule has 3 N–H and O–H groups in total. The van der Waals surface area contributed by atoms with Crippen LogP contribution in [0, 0.1) is 10.1 Å². The van der Waals surface area contributed by atoms with Crippen LogP contribution in [0.3, 0.4) is 0 Å². The molecule has 1 aliphatic heterocycles. The summed E-state index contributed by atoms with van der Waals surface area (Å²) in [6.07, 6.45) is -0.810. The van der Waals surface area contributed by atoms with E-state index in [1.165, 1.54) is 19.2 Å². The van der Waals surface area contributed by atoms with Gasteiger partial charge in [0.15, 0.2) is 12.5 Å². The first-order chi connectivity index (χ1) is 9.10. The molecule has 8 heteroatoms. The van der Waals surface area contributed by atoms with E-state index < -0.39 is 11.2 Å². The highest BCUT2D eigenvalue weighted by atomic mass is 16.6. The normalized spacial score (nSPS) is 21.0. The molecule has 1 aromatic rings. The van der Waals surface area contributed by atoms with Crippen LogP contribution in [0.5, 0.6) is 0 Å². The first-order valence-electron chi connectivity index (χ1n) is 5.69. The van der Waals surface area contributed by atoms with E-state index in [2.05, 4.69) is 16.0 Å². The van der Waals surface area contributed by atoms with E-state index in [0.717, 1.165) is 0 Å². The van der Waals surface area contributed by atoms with Crippen LogP contribution < -0.4 is 16.0 Å². The zero-order valence-corrected chi connectivity index (χ0v) is 10.9. The van der Waals surface area contributed by atoms with Crippen molar-refractivity contribution in [2.45, 2.75) is 12.5 Å². The Hall–Kier alpha value is -2.06. The number of hydrogen-bond acceptors (Lipinski definition) is 7. The fourth-order valence-corrected chi connectivity index (χ4v) is 2.01. The number of nitrogens with one attached hydrogen (secondary N) is 3. The average Bonchev–Trinajstić information content (AvgIpc) is 2.44. The zero-order chi connectivity index (χ0) is 14.0. The number of anilines is 3. The number of nitro groups is 1. The number of nitrogens with zero attached hydrogens (tertiary/aromatic N) is 1. The smallest absolute Gasteiger partial charge is 0.273 e. The van der Waals surface area contributed by atoms with E-state index in [1.54, 1.807) is 14.2 Å². The maximum Gasteiger partial charge on any atom is 0.273 e. The van der Waals surface area contributed by atoms with Crippen LogP contribution in [0.1, 0.15) is 0 Å². The molecule has 0 amide bonds. The Labute approximate surface area is 110 Å². The van der Waals surface area contributed by atoms with Crippen LogP contribution in [-0.2, 0) is 9.47 Å². The summed E-state index contributed by atoms with van der Waals surface area (Å²) in [6.45, 7) is 0. The topological polar surface area (TPSA) is 97.7 Å². The summed E-state index contributed by atoms with van der Waals surface area (Å²) in [5, 5.41) is 20.0. The number of nitro benzene ring substituents is 1. The predicted octanol–water partition coefficient (Wildman–Crippen LogP) is 1.42. The van der Waals surface area contributed by atoms with Crippen LogP contribution in [0.25, 0.3) is 0 Å². The second kappa shape index (κ2) is 5.29. The summed E-state index contributed by atoms with van der Waals surface area (Å²) in [5.41, 5.74) is 1.93. The second-order valence-electron chi connectivity index (χ2n) is 4.02. The summed E-state index contributed by atoms with van der Waals surface area (Å²) >= 11 is 0. The zero-order valence-electron chi connectivity index (χ0n) is 10.9. The molecule has 1 aromatic carbocycles. The molecular weight excluding hydrogens is 252 g/mol. The molecule has 0 spiro atoms. The minimum atomic E-state index is -0.437. The van der Waals surface area contributed by atoms with E-state index in [-0.39, 0.29) is 11.9 Å². The van der Waals surface area contributed by atoms with E-state index in [9.17, 15) is 10.1 Å². The number of rotatable bonds is 4. The van der Waals surface area contributed by atoms with Gasteiger partial charge in [0.25, 0.3) is 5.69 Å². The Morgan fingerprint density at radius 2 is 1.89 bits per heavy atom. The number of non-ortho nitro benzene ring substituents is 1. The molecule has 8 nitrogen and oxygen atoms in total. The van der Waals surface area contributed by atoms with Gasteiger partial charge in [-0.1, -0.05) is 0 Å². The Morgan fingerprint density at radius 3 is 2.42 bits per heavy atom. The first-order valence-corrected chi connectivity index (χ1v) is 5.69. The molecule has 0 fully saturated rings. The minimum Gasteiger partial charge on any atom is -0.386 e. The van der Waals surface area contributed by atoms with Gasteiger partial charge >= 0.3 is 0 Å². The van der Waals surface area contributed by atoms with E-state index in [1.807, 2.05) is 0 Å². The number of ether oxygens (including phenoxy) is 2. The third kappa shape index (κ3) is 2.40. The van der Waals surface area contributed by atoms with Gasteiger partial charge in [0.05, 0.1) is 22.0 Å². The number of hydrogen-bond donors (Lipinski definition) is 3. The van der Waals surface area contributed by atoms with Gasteiger partial charge in [0.1, 0.15) is 0 Å². The SMILES string of the molecule is CNc1cc([N+](=O)[O-])cc2c1NC(OC)C(OC)N2. The average molecular weight is 268 g/mol. The Morgan fingerprint density at radius 1 is 1.26 bits per heavy atom. The molecule has 0 bridgehead atoms. The lowest BCUT2D eigenvalue weighted by Gasteiger charge is -2.34. The molecule has 0 saturated carbocycles. The van der Waals surface area contributed by atoms with Crippen LogP contribution in [0.2, 0.25) is 0 Å². The van der Waals surface area contributed by atoms with Crippen molar-refractivity contribution in [1.82, 2.24) is 0 Å². The Bertz CT molecular complexity index is 494. The van der Waals surface area contributed by atoms with Crippen LogP contribution in [0.15, 0.2) is 12.1 Å². The summed E-state index contributed by atoms with van der Waals surface area (Å²) < 4.78 is 10.5. The lowest BCUT2D eigenvalue weighted by atomic mass is 10.1. The molecule has 2 unspecified atom stereocenters. The molecule has 2 atom stereocenters. The monoisotopic (exact) mass is 268 g/mol. The van der Waals surface area contributed by atoms with Crippen molar-refractivity contribution < 1.29 is 14.4 Å². The molecule has 0 aliphatic carbocycles. The van der Waals surface area contributed by atoms with Crippen molar-refractivity contribution in [3.05, 3.63) is 22.2 Å². The highest BCUT2D eigenvalue weighted by Crippen LogP contribution is 2.39. The maximum absolute atomic E-state index is 10.9. The van der Waals surface area contributed by atoms with E-state index in [4.69, 9.17) is 9.47 Å². The number of benzene rings is 1. The predicted molar refractivity (Wildman–Crippen MR) is 71.5 cm³/mol. The molecule has 2 rings (SSSR count). The van der Waals surface area contributed by atoms with Crippen LogP contribution in [-0.4, -0.2) is 38.6 Å². The van der Waals surface area contributed by atoms with Crippen molar-refractivity contribution in [3.63, 3.8) is 0 Å². The molecule has 0 radical (unpaired) electrons. The molecule has 104 valence electrons. The van der Waals surface area contributed by atoms with Gasteiger partial charge in [-0.25, -0.2) is 0 Å². The largest absolute Gasteiger partial charge is 0.386 e. The fourth-order valence-electron chi connectivity index (χ4n) is 2.01. The standard InChI is InChI=1S/C11H16N4O4/c1-12-7-4-6(15(16)17)5-8-9(7)14-11(19-3)10(13-8)18-2/h4-5,10-14H,1-3H3. The third-order valence-corrected chi connectivity index (χ3v) is 2.97. The summed E-state index contributed by atoms with van der Waals surface area (Å²) in [6, 6.07) is 2.93. The summed E-state index contributed by atoms with van der Waals surface area (Å²) in [5.74, 6) is 0. The highest BCUT2D eigenvalue weighted by molar-refractivity contribution is 5.86. The molecular formula is C11H16N4O4. The molecule has 1 aliphatic rings. The Balaban J connectivity index is 2.46. The van der Waals surface area contributed by atoms with Gasteiger partial charge in [-0.3, -0.25) is 10.1 Å². The third-order valence-electron chi connectivity index (χ3n) is 2.97. The van der Waals surface area contributed by atoms with Crippen molar-refractivity contribution in [2.24, 2.45) is 0 Å². The first kappa shape index (κ1) is 13.4. The quantitative estimate of drug-likeness (QED) is 0.561. The Kier molecular flexibility index (Phi) is 3.72. The van der Waals surface area contributed by atoms with Crippen molar-refractivity contribution in [1.29, 1.82) is 0 Å². The number of fused-ring (bicyclic) bond motifs is 1. The lowest BCUT2D eigenvalue weighted by molar-refractivity contribution is -0.384. The van der Waals surface area contributed by atoms with Crippen LogP contribution in [0.4, 0.5) is 22.7 Å². The van der Waals surface area contributed by atoms with E-state index in [0.29, 0.717) is 17.1 Å².